The molecule has 190 valence electrons. The van der Waals surface area contributed by atoms with Gasteiger partial charge in [0.2, 0.25) is 0 Å². The number of para-hydroxylation sites is 2. The van der Waals surface area contributed by atoms with Gasteiger partial charge in [-0.25, -0.2) is 14.2 Å². The zero-order chi connectivity index (χ0) is 26.6. The quantitative estimate of drug-likeness (QED) is 0.237. The SMILES string of the molecule is CC(c1nc2ccccc2c(=O)n1-c1ccccc1F)N(Cc1ccccc1)C(=O)Nc1ccc(Br)cc1. The predicted molar refractivity (Wildman–Crippen MR) is 151 cm³/mol. The highest BCUT2D eigenvalue weighted by Gasteiger charge is 2.28. The number of amides is 2. The van der Waals surface area contributed by atoms with Gasteiger partial charge in [0, 0.05) is 16.7 Å². The van der Waals surface area contributed by atoms with Gasteiger partial charge in [-0.1, -0.05) is 70.5 Å². The summed E-state index contributed by atoms with van der Waals surface area (Å²) in [5.41, 5.74) is 1.65. The second-order valence-corrected chi connectivity index (χ2v) is 9.72. The molecule has 0 aliphatic rings. The summed E-state index contributed by atoms with van der Waals surface area (Å²) in [6, 6.07) is 28.7. The number of carbonyl (C=O) groups excluding carboxylic acids is 1. The number of urea groups is 1. The second-order valence-electron chi connectivity index (χ2n) is 8.81. The first kappa shape index (κ1) is 25.4. The van der Waals surface area contributed by atoms with Crippen molar-refractivity contribution in [1.29, 1.82) is 0 Å². The van der Waals surface area contributed by atoms with Crippen molar-refractivity contribution in [2.24, 2.45) is 0 Å². The summed E-state index contributed by atoms with van der Waals surface area (Å²) in [4.78, 5) is 33.8. The van der Waals surface area contributed by atoms with E-state index in [0.29, 0.717) is 16.6 Å². The molecule has 0 radical (unpaired) electrons. The minimum Gasteiger partial charge on any atom is -0.310 e. The standard InChI is InChI=1S/C30H24BrFN4O2/c1-20(35(19-21-9-3-2-4-10-21)30(38)33-23-17-15-22(31)16-18-23)28-34-26-13-7-5-11-24(26)29(37)36(28)27-14-8-6-12-25(27)32/h2-18,20H,19H2,1H3,(H,33,38). The average molecular weight is 571 g/mol. The molecule has 5 aromatic rings. The van der Waals surface area contributed by atoms with Gasteiger partial charge >= 0.3 is 6.03 Å². The smallest absolute Gasteiger partial charge is 0.310 e. The molecule has 1 heterocycles. The zero-order valence-corrected chi connectivity index (χ0v) is 22.1. The van der Waals surface area contributed by atoms with Crippen LogP contribution in [0.1, 0.15) is 24.4 Å². The van der Waals surface area contributed by atoms with Crippen LogP contribution < -0.4 is 10.9 Å². The highest BCUT2D eigenvalue weighted by atomic mass is 79.9. The number of anilines is 1. The lowest BCUT2D eigenvalue weighted by molar-refractivity contribution is 0.185. The lowest BCUT2D eigenvalue weighted by atomic mass is 10.1. The van der Waals surface area contributed by atoms with Gasteiger partial charge < -0.3 is 10.2 Å². The Bertz CT molecular complexity index is 1660. The topological polar surface area (TPSA) is 67.2 Å². The monoisotopic (exact) mass is 570 g/mol. The van der Waals surface area contributed by atoms with Gasteiger partial charge in [0.05, 0.1) is 22.6 Å². The van der Waals surface area contributed by atoms with E-state index in [1.165, 1.54) is 16.7 Å². The molecule has 0 bridgehead atoms. The Morgan fingerprint density at radius 2 is 1.61 bits per heavy atom. The van der Waals surface area contributed by atoms with Crippen LogP contribution in [0.3, 0.4) is 0 Å². The van der Waals surface area contributed by atoms with Crippen LogP contribution in [0, 0.1) is 5.82 Å². The fourth-order valence-electron chi connectivity index (χ4n) is 4.33. The molecular weight excluding hydrogens is 547 g/mol. The number of aromatic nitrogens is 2. The van der Waals surface area contributed by atoms with Crippen LogP contribution in [0.2, 0.25) is 0 Å². The number of nitrogens with one attached hydrogen (secondary N) is 1. The molecule has 6 nitrogen and oxygen atoms in total. The van der Waals surface area contributed by atoms with Crippen LogP contribution in [0.15, 0.2) is 112 Å². The first-order valence-electron chi connectivity index (χ1n) is 12.1. The van der Waals surface area contributed by atoms with Crippen molar-refractivity contribution < 1.29 is 9.18 Å². The van der Waals surface area contributed by atoms with Crippen molar-refractivity contribution in [2.75, 3.05) is 5.32 Å². The van der Waals surface area contributed by atoms with Gasteiger partial charge in [-0.2, -0.15) is 0 Å². The number of hydrogen-bond donors (Lipinski definition) is 1. The Kier molecular flexibility index (Phi) is 7.33. The molecule has 0 aliphatic heterocycles. The van der Waals surface area contributed by atoms with Crippen molar-refractivity contribution in [3.8, 4) is 5.69 Å². The Hall–Kier alpha value is -4.30. The van der Waals surface area contributed by atoms with Gasteiger partial charge in [0.25, 0.3) is 5.56 Å². The normalized spacial score (nSPS) is 11.8. The Balaban J connectivity index is 1.65. The van der Waals surface area contributed by atoms with Crippen molar-refractivity contribution in [3.05, 3.63) is 135 Å². The van der Waals surface area contributed by atoms with Gasteiger partial charge in [0.1, 0.15) is 11.6 Å². The average Bonchev–Trinajstić information content (AvgIpc) is 2.94. The summed E-state index contributed by atoms with van der Waals surface area (Å²) in [5, 5.41) is 3.30. The van der Waals surface area contributed by atoms with E-state index in [1.807, 2.05) is 42.5 Å². The number of nitrogens with zero attached hydrogens (tertiary/aromatic N) is 3. The maximum atomic E-state index is 15.0. The minimum absolute atomic E-state index is 0.0746. The van der Waals surface area contributed by atoms with Crippen molar-refractivity contribution in [3.63, 3.8) is 0 Å². The van der Waals surface area contributed by atoms with Gasteiger partial charge in [-0.05, 0) is 61.0 Å². The third-order valence-corrected chi connectivity index (χ3v) is 6.82. The number of benzene rings is 4. The second kappa shape index (κ2) is 11.0. The van der Waals surface area contributed by atoms with Crippen molar-refractivity contribution in [2.45, 2.75) is 19.5 Å². The lowest BCUT2D eigenvalue weighted by Gasteiger charge is -2.31. The van der Waals surface area contributed by atoms with Gasteiger partial charge in [-0.15, -0.1) is 0 Å². The summed E-state index contributed by atoms with van der Waals surface area (Å²) < 4.78 is 17.2. The Morgan fingerprint density at radius 3 is 2.34 bits per heavy atom. The summed E-state index contributed by atoms with van der Waals surface area (Å²) in [5.74, 6) is -0.310. The maximum absolute atomic E-state index is 15.0. The molecule has 5 rings (SSSR count). The van der Waals surface area contributed by atoms with E-state index in [1.54, 1.807) is 60.4 Å². The van der Waals surface area contributed by atoms with E-state index in [0.717, 1.165) is 10.0 Å². The number of rotatable bonds is 6. The van der Waals surface area contributed by atoms with E-state index in [-0.39, 0.29) is 24.1 Å². The summed E-state index contributed by atoms with van der Waals surface area (Å²) in [7, 11) is 0. The summed E-state index contributed by atoms with van der Waals surface area (Å²) in [6.45, 7) is 2.03. The summed E-state index contributed by atoms with van der Waals surface area (Å²) >= 11 is 3.41. The Labute approximate surface area is 227 Å². The number of halogens is 2. The zero-order valence-electron chi connectivity index (χ0n) is 20.5. The predicted octanol–water partition coefficient (Wildman–Crippen LogP) is 7.08. The van der Waals surface area contributed by atoms with Crippen LogP contribution in [-0.2, 0) is 6.54 Å². The molecule has 0 aliphatic carbocycles. The van der Waals surface area contributed by atoms with Crippen LogP contribution >= 0.6 is 15.9 Å². The maximum Gasteiger partial charge on any atom is 0.322 e. The molecule has 2 amide bonds. The van der Waals surface area contributed by atoms with E-state index in [9.17, 15) is 9.59 Å². The largest absolute Gasteiger partial charge is 0.322 e. The van der Waals surface area contributed by atoms with E-state index in [4.69, 9.17) is 4.98 Å². The molecular formula is C30H24BrFN4O2. The van der Waals surface area contributed by atoms with Crippen molar-refractivity contribution >= 4 is 38.6 Å². The van der Waals surface area contributed by atoms with Gasteiger partial charge in [0.15, 0.2) is 0 Å². The third-order valence-electron chi connectivity index (χ3n) is 6.29. The number of carbonyl (C=O) groups is 1. The van der Waals surface area contributed by atoms with Crippen molar-refractivity contribution in [1.82, 2.24) is 14.5 Å². The minimum atomic E-state index is -0.706. The summed E-state index contributed by atoms with van der Waals surface area (Å²) in [6.07, 6.45) is 0. The van der Waals surface area contributed by atoms with E-state index < -0.39 is 17.4 Å². The molecule has 1 atom stereocenters. The first-order valence-corrected chi connectivity index (χ1v) is 12.9. The highest BCUT2D eigenvalue weighted by molar-refractivity contribution is 9.10. The molecule has 1 N–H and O–H groups in total. The molecule has 0 spiro atoms. The van der Waals surface area contributed by atoms with Crippen LogP contribution in [0.4, 0.5) is 14.9 Å². The Morgan fingerprint density at radius 1 is 0.947 bits per heavy atom. The molecule has 0 saturated heterocycles. The fourth-order valence-corrected chi connectivity index (χ4v) is 4.59. The highest BCUT2D eigenvalue weighted by Crippen LogP contribution is 2.26. The lowest BCUT2D eigenvalue weighted by Crippen LogP contribution is -2.39. The molecule has 1 aromatic heterocycles. The molecule has 8 heteroatoms. The number of fused-ring (bicyclic) bond motifs is 1. The third kappa shape index (κ3) is 5.21. The van der Waals surface area contributed by atoms with E-state index >= 15 is 4.39 Å². The molecule has 0 fully saturated rings. The fraction of sp³-hybridized carbons (Fsp3) is 0.100. The van der Waals surface area contributed by atoms with Crippen LogP contribution in [0.25, 0.3) is 16.6 Å². The van der Waals surface area contributed by atoms with Gasteiger partial charge in [-0.3, -0.25) is 9.36 Å². The first-order chi connectivity index (χ1) is 18.4. The van der Waals surface area contributed by atoms with E-state index in [2.05, 4.69) is 21.2 Å². The molecule has 38 heavy (non-hydrogen) atoms. The van der Waals surface area contributed by atoms with Crippen LogP contribution in [0.5, 0.6) is 0 Å². The molecule has 4 aromatic carbocycles. The number of hydrogen-bond acceptors (Lipinski definition) is 3. The molecule has 0 saturated carbocycles. The molecule has 1 unspecified atom stereocenters. The van der Waals surface area contributed by atoms with Crippen LogP contribution in [-0.4, -0.2) is 20.5 Å².